The number of benzene rings is 2. The molecule has 4 aromatic heterocycles. The summed E-state index contributed by atoms with van der Waals surface area (Å²) in [5.41, 5.74) is 6.94. The predicted molar refractivity (Wildman–Crippen MR) is 388 cm³/mol. The van der Waals surface area contributed by atoms with Gasteiger partial charge in [-0.25, -0.2) is 4.79 Å². The smallest absolute Gasteiger partial charge is 0.192 e. The third-order valence-electron chi connectivity index (χ3n) is 17.5. The molecule has 0 radical (unpaired) electrons. The second kappa shape index (κ2) is 32.5. The van der Waals surface area contributed by atoms with Crippen LogP contribution in [-0.4, -0.2) is 67.5 Å². The molecule has 0 atom stereocenters. The van der Waals surface area contributed by atoms with Crippen LogP contribution in [0.5, 0.6) is 0 Å². The maximum absolute atomic E-state index is 13.5. The molecule has 0 aliphatic rings. The van der Waals surface area contributed by atoms with Gasteiger partial charge in [-0.3, -0.25) is 14.2 Å². The number of rotatable bonds is 21. The normalized spacial score (nSPS) is 12.5. The predicted octanol–water partition coefficient (Wildman–Crippen LogP) is 21.6. The molecule has 2 aromatic carbocycles. The van der Waals surface area contributed by atoms with Gasteiger partial charge >= 0.3 is 220 Å². The van der Waals surface area contributed by atoms with Gasteiger partial charge in [0.25, 0.3) is 0 Å². The second-order valence-electron chi connectivity index (χ2n) is 30.1. The minimum absolute atomic E-state index is 0.0260. The fourth-order valence-electron chi connectivity index (χ4n) is 10.0. The van der Waals surface area contributed by atoms with E-state index >= 15 is 0 Å². The number of allylic oxidation sites excluding steroid dienone is 4. The summed E-state index contributed by atoms with van der Waals surface area (Å²) in [6.45, 7) is 52.5. The molecule has 0 amide bonds. The van der Waals surface area contributed by atoms with E-state index in [1.54, 1.807) is 28.2 Å². The Morgan fingerprint density at radius 3 is 1.36 bits per heavy atom. The van der Waals surface area contributed by atoms with Crippen molar-refractivity contribution < 1.29 is 36.7 Å². The maximum Gasteiger partial charge on any atom is 0.192 e. The van der Waals surface area contributed by atoms with Crippen LogP contribution < -0.4 is 14.4 Å². The number of hydrogen-bond donors (Lipinski definition) is 0. The molecule has 0 fully saturated rings. The molecular formula is C74H113BrN2O10Si2Sn. The summed E-state index contributed by atoms with van der Waals surface area (Å²) in [6, 6.07) is 15.6. The van der Waals surface area contributed by atoms with Crippen molar-refractivity contribution in [3.63, 3.8) is 0 Å². The molecule has 0 saturated carbocycles. The molecule has 498 valence electrons. The Bertz CT molecular complexity index is 3560. The van der Waals surface area contributed by atoms with Gasteiger partial charge in [0.2, 0.25) is 0 Å². The number of fused-ring (bicyclic) bond motifs is 2. The van der Waals surface area contributed by atoms with Gasteiger partial charge in [-0.05, 0) is 113 Å². The average Bonchev–Trinajstić information content (AvgIpc) is 1.62. The molecule has 90 heavy (non-hydrogen) atoms. The summed E-state index contributed by atoms with van der Waals surface area (Å²) in [6.07, 6.45) is 16.8. The third-order valence-corrected chi connectivity index (χ3v) is 42.8. The Labute approximate surface area is 555 Å². The first-order valence-electron chi connectivity index (χ1n) is 32.7. The van der Waals surface area contributed by atoms with Crippen LogP contribution in [0.3, 0.4) is 0 Å². The van der Waals surface area contributed by atoms with Gasteiger partial charge in [0, 0.05) is 40.4 Å². The van der Waals surface area contributed by atoms with Crippen LogP contribution in [-0.2, 0) is 44.4 Å². The summed E-state index contributed by atoms with van der Waals surface area (Å²) in [7, 11) is -3.86. The molecule has 0 unspecified atom stereocenters. The zero-order chi connectivity index (χ0) is 68.1. The number of unbranched alkanes of at least 4 members (excludes halogenated alkanes) is 3. The van der Waals surface area contributed by atoms with Crippen LogP contribution in [0, 0.1) is 13.8 Å². The standard InChI is InChI=1S/C31H43NO5Si.C18H22NO2.C13H21BrO3Si.3C4H9.Sn/c1-20(2)15-16-22-13-12-14-24-25(18-32(27(22)24)29(34)37-30(4,5)6)28-21(3)26(33)17-23(36-28)19-35-38(10,11)31(7,8)9;1-13(2)9-10-14-7-6-8-15-11-12-19(16(14)15)17(20)21-18(3,4)5;1-9-11(15)7-10(17-12(9)14)8-16-18(5,6)13(2,3)4;3*1-3-4-2;/h12-15,17-18H,16,19H2,1-11H3;6-9,12H,10H2,1-5H3;7H,8H2,1-6H3;3*1,3-4H2,2H3;. The van der Waals surface area contributed by atoms with E-state index in [0.717, 1.165) is 28.4 Å². The first kappa shape index (κ1) is 77.9. The largest absolute Gasteiger partial charge is 0.451 e. The summed E-state index contributed by atoms with van der Waals surface area (Å²) >= 11 is 0.482. The molecule has 0 spiro atoms. The van der Waals surface area contributed by atoms with Crippen molar-refractivity contribution in [1.82, 2.24) is 9.13 Å². The molecule has 12 nitrogen and oxygen atoms in total. The average molecular weight is 1450 g/mol. The van der Waals surface area contributed by atoms with Crippen molar-refractivity contribution >= 4 is 88.5 Å². The molecule has 0 bridgehead atoms. The van der Waals surface area contributed by atoms with Crippen LogP contribution in [0.4, 0.5) is 9.59 Å². The second-order valence-corrected chi connectivity index (χ2v) is 53.5. The van der Waals surface area contributed by atoms with Gasteiger partial charge in [-0.1, -0.05) is 71.4 Å². The van der Waals surface area contributed by atoms with Crippen molar-refractivity contribution in [2.45, 2.75) is 271 Å². The Morgan fingerprint density at radius 2 is 0.967 bits per heavy atom. The maximum atomic E-state index is 13.5. The number of nitrogens with zero attached hydrogens (tertiary/aromatic N) is 2. The Balaban J connectivity index is 0.000000306. The third kappa shape index (κ3) is 21.5. The van der Waals surface area contributed by atoms with Gasteiger partial charge < -0.3 is 22.4 Å². The summed E-state index contributed by atoms with van der Waals surface area (Å²) in [5, 5.41) is 2.33. The zero-order valence-corrected chi connectivity index (χ0v) is 66.4. The molecule has 0 aliphatic heterocycles. The van der Waals surface area contributed by atoms with E-state index in [-0.39, 0.29) is 33.6 Å². The fourth-order valence-corrected chi connectivity index (χ4v) is 28.9. The quantitative estimate of drug-likeness (QED) is 0.0505. The van der Waals surface area contributed by atoms with Gasteiger partial charge in [0.1, 0.15) is 22.9 Å². The zero-order valence-electron chi connectivity index (χ0n) is 60.0. The summed E-state index contributed by atoms with van der Waals surface area (Å²) in [4.78, 5) is 51.5. The molecule has 6 rings (SSSR count). The number of para-hydroxylation sites is 2. The molecule has 16 heteroatoms. The van der Waals surface area contributed by atoms with Gasteiger partial charge in [-0.15, -0.1) is 0 Å². The van der Waals surface area contributed by atoms with Crippen LogP contribution in [0.15, 0.2) is 107 Å². The van der Waals surface area contributed by atoms with E-state index in [9.17, 15) is 19.2 Å². The van der Waals surface area contributed by atoms with Crippen molar-refractivity contribution in [2.24, 2.45) is 0 Å². The number of carbonyl (C=O) groups excluding carboxylic acids is 2. The van der Waals surface area contributed by atoms with E-state index in [1.807, 2.05) is 78.2 Å². The van der Waals surface area contributed by atoms with Crippen molar-refractivity contribution in [2.75, 3.05) is 0 Å². The molecule has 0 aliphatic carbocycles. The minimum atomic E-state index is -2.76. The van der Waals surface area contributed by atoms with E-state index in [1.165, 1.54) is 86.1 Å². The Morgan fingerprint density at radius 1 is 0.578 bits per heavy atom. The van der Waals surface area contributed by atoms with Crippen molar-refractivity contribution in [1.29, 1.82) is 0 Å². The van der Waals surface area contributed by atoms with E-state index in [4.69, 9.17) is 27.2 Å². The Kier molecular flexibility index (Phi) is 28.2. The molecule has 4 heterocycles. The molecule has 0 saturated heterocycles. The molecule has 6 aromatic rings. The summed E-state index contributed by atoms with van der Waals surface area (Å²) in [5.74, 6) is 1.49. The molecule has 0 N–H and O–H groups in total. The van der Waals surface area contributed by atoms with Crippen molar-refractivity contribution in [3.8, 4) is 11.3 Å². The van der Waals surface area contributed by atoms with Crippen LogP contribution in [0.25, 0.3) is 33.1 Å². The number of hydrogen-bond acceptors (Lipinski definition) is 10. The van der Waals surface area contributed by atoms with E-state index in [0.29, 0.717) is 51.7 Å². The van der Waals surface area contributed by atoms with Gasteiger partial charge in [0.05, 0.1) is 18.7 Å². The summed E-state index contributed by atoms with van der Waals surface area (Å²) < 4.78 is 45.5. The first-order chi connectivity index (χ1) is 41.5. The first-order valence-corrected chi connectivity index (χ1v) is 46.8. The van der Waals surface area contributed by atoms with Crippen molar-refractivity contribution in [3.05, 3.63) is 143 Å². The number of ether oxygens (including phenoxy) is 2. The van der Waals surface area contributed by atoms with E-state index < -0.39 is 52.3 Å². The number of halogens is 1. The van der Waals surface area contributed by atoms with Crippen LogP contribution >= 0.6 is 15.9 Å². The van der Waals surface area contributed by atoms with Gasteiger partial charge in [-0.2, -0.15) is 0 Å². The fraction of sp³-hybridized carbons (Fsp3) is 0.568. The minimum Gasteiger partial charge on any atom is -0.451 e. The van der Waals surface area contributed by atoms with E-state index in [2.05, 4.69) is 155 Å². The van der Waals surface area contributed by atoms with Gasteiger partial charge in [0.15, 0.2) is 32.2 Å². The van der Waals surface area contributed by atoms with Crippen LogP contribution in [0.1, 0.15) is 204 Å². The topological polar surface area (TPSA) is 141 Å². The number of aromatic nitrogens is 2. The molecular weight excluding hydrogens is 1330 g/mol. The van der Waals surface area contributed by atoms with Crippen LogP contribution in [0.2, 0.25) is 49.6 Å². The number of carbonyl (C=O) groups is 2. The monoisotopic (exact) mass is 1440 g/mol. The Hall–Kier alpha value is -4.53. The SMILES string of the molecule is CC(C)=CCc1cccc2c(-c3oc(CO[Si](C)(C)C(C)(C)C)cc(=O)c3C)cn(C(=O)OC(C)(C)C)c12.CCC[CH2][Sn]([CH2]CCC)([CH2]CCC)[c]1cn(C(=O)OC(C)(C)C)c2c(CC=C(C)C)cccc12.Cc1c(Br)oc(CO[Si](C)(C)C(C)(C)C)cc1=O.